The highest BCUT2D eigenvalue weighted by molar-refractivity contribution is 5.99. The van der Waals surface area contributed by atoms with Crippen LogP contribution in [0.2, 0.25) is 0 Å². The largest absolute Gasteiger partial charge is 0.481 e. The Bertz CT molecular complexity index is 741. The van der Waals surface area contributed by atoms with Crippen molar-refractivity contribution in [2.75, 3.05) is 0 Å². The van der Waals surface area contributed by atoms with E-state index in [9.17, 15) is 14.7 Å². The second kappa shape index (κ2) is 7.76. The van der Waals surface area contributed by atoms with Gasteiger partial charge >= 0.3 is 5.97 Å². The summed E-state index contributed by atoms with van der Waals surface area (Å²) in [6.45, 7) is 9.04. The lowest BCUT2D eigenvalue weighted by Crippen LogP contribution is -2.58. The minimum Gasteiger partial charge on any atom is -0.481 e. The summed E-state index contributed by atoms with van der Waals surface area (Å²) in [6, 6.07) is 0. The van der Waals surface area contributed by atoms with Gasteiger partial charge in [0, 0.05) is 12.3 Å². The van der Waals surface area contributed by atoms with E-state index in [-0.39, 0.29) is 35.2 Å². The third kappa shape index (κ3) is 3.20. The molecule has 2 N–H and O–H groups in total. The summed E-state index contributed by atoms with van der Waals surface area (Å²) in [4.78, 5) is 24.9. The summed E-state index contributed by atoms with van der Waals surface area (Å²) in [7, 11) is 0. The highest BCUT2D eigenvalue weighted by Crippen LogP contribution is 2.68. The molecule has 0 heterocycles. The third-order valence-corrected chi connectivity index (χ3v) is 10.3. The zero-order valence-corrected chi connectivity index (χ0v) is 19.2. The molecule has 4 nitrogen and oxygen atoms in total. The fourth-order valence-corrected chi connectivity index (χ4v) is 8.72. The molecule has 9 atom stereocenters. The van der Waals surface area contributed by atoms with Crippen molar-refractivity contribution >= 4 is 11.8 Å². The molecule has 0 aromatic rings. The van der Waals surface area contributed by atoms with Gasteiger partial charge < -0.3 is 10.2 Å². The number of allylic oxidation sites excluding steroid dienone is 2. The first kappa shape index (κ1) is 22.0. The second-order valence-electron chi connectivity index (χ2n) is 11.5. The fourth-order valence-electron chi connectivity index (χ4n) is 8.72. The van der Waals surface area contributed by atoms with E-state index in [1.165, 1.54) is 0 Å². The van der Waals surface area contributed by atoms with Crippen LogP contribution in [0.4, 0.5) is 0 Å². The van der Waals surface area contributed by atoms with Crippen molar-refractivity contribution in [3.8, 4) is 0 Å². The lowest BCUT2D eigenvalue weighted by Gasteiger charge is -2.61. The molecule has 4 aliphatic rings. The first-order chi connectivity index (χ1) is 14.1. The zero-order chi connectivity index (χ0) is 21.8. The number of Topliss-reactive ketones (excluding diaryl/α,β-unsaturated/α-hetero) is 1. The van der Waals surface area contributed by atoms with Gasteiger partial charge in [-0.25, -0.2) is 0 Å². The number of hydrogen-bond acceptors (Lipinski definition) is 3. The van der Waals surface area contributed by atoms with Crippen LogP contribution in [0.25, 0.3) is 0 Å². The summed E-state index contributed by atoms with van der Waals surface area (Å²) < 4.78 is 0. The predicted octanol–water partition coefficient (Wildman–Crippen LogP) is 5.24. The molecular weight excluding hydrogens is 376 g/mol. The highest BCUT2D eigenvalue weighted by Gasteiger charge is 2.64. The van der Waals surface area contributed by atoms with Gasteiger partial charge in [-0.2, -0.15) is 0 Å². The summed E-state index contributed by atoms with van der Waals surface area (Å²) in [5, 5.41) is 19.5. The Morgan fingerprint density at radius 2 is 1.80 bits per heavy atom. The van der Waals surface area contributed by atoms with Gasteiger partial charge in [-0.05, 0) is 104 Å². The summed E-state index contributed by atoms with van der Waals surface area (Å²) in [6.07, 6.45) is 9.86. The molecule has 2 unspecified atom stereocenters. The number of carbonyl (C=O) groups is 2. The number of aliphatic hydroxyl groups is 1. The summed E-state index contributed by atoms with van der Waals surface area (Å²) >= 11 is 0. The lowest BCUT2D eigenvalue weighted by molar-refractivity contribution is -0.150. The van der Waals surface area contributed by atoms with Gasteiger partial charge in [0.25, 0.3) is 0 Å². The van der Waals surface area contributed by atoms with Crippen LogP contribution < -0.4 is 0 Å². The molecule has 0 aromatic heterocycles. The highest BCUT2D eigenvalue weighted by atomic mass is 16.4. The van der Waals surface area contributed by atoms with Crippen molar-refractivity contribution in [1.82, 2.24) is 0 Å². The number of carbonyl (C=O) groups excluding carboxylic acids is 1. The molecule has 30 heavy (non-hydrogen) atoms. The van der Waals surface area contributed by atoms with Crippen LogP contribution in [-0.2, 0) is 9.59 Å². The van der Waals surface area contributed by atoms with Crippen molar-refractivity contribution in [3.05, 3.63) is 11.6 Å². The molecule has 0 amide bonds. The maximum absolute atomic E-state index is 13.8. The SMILES string of the molecule is C/C=C1\C(=O)C2C(CC[C@@]3(C)[C@@H]2CC[C@@H]3[C@H](C)CCC(=O)O)[C@@]2(C)CC[C@@H](O)C[C@@H]12. The van der Waals surface area contributed by atoms with Gasteiger partial charge in [0.15, 0.2) is 5.78 Å². The van der Waals surface area contributed by atoms with Crippen molar-refractivity contribution in [1.29, 1.82) is 0 Å². The number of hydrogen-bond donors (Lipinski definition) is 2. The molecule has 4 fully saturated rings. The first-order valence-corrected chi connectivity index (χ1v) is 12.2. The molecule has 168 valence electrons. The van der Waals surface area contributed by atoms with E-state index in [1.54, 1.807) is 0 Å². The normalized spacial score (nSPS) is 48.0. The Hall–Kier alpha value is -1.16. The third-order valence-electron chi connectivity index (χ3n) is 10.3. The monoisotopic (exact) mass is 416 g/mol. The molecule has 0 bridgehead atoms. The first-order valence-electron chi connectivity index (χ1n) is 12.2. The van der Waals surface area contributed by atoms with Gasteiger partial charge in [0.1, 0.15) is 0 Å². The molecule has 4 aliphatic carbocycles. The Balaban J connectivity index is 1.64. The smallest absolute Gasteiger partial charge is 0.303 e. The minimum atomic E-state index is -0.705. The topological polar surface area (TPSA) is 74.6 Å². The molecule has 4 saturated carbocycles. The number of fused-ring (bicyclic) bond motifs is 5. The molecule has 0 saturated heterocycles. The molecule has 0 radical (unpaired) electrons. The molecule has 0 spiro atoms. The van der Waals surface area contributed by atoms with Crippen LogP contribution in [0.1, 0.15) is 85.5 Å². The van der Waals surface area contributed by atoms with Crippen LogP contribution in [-0.4, -0.2) is 28.1 Å². The van der Waals surface area contributed by atoms with E-state index in [2.05, 4.69) is 20.8 Å². The van der Waals surface area contributed by atoms with Gasteiger partial charge in [0.05, 0.1) is 6.10 Å². The molecule has 4 rings (SSSR count). The van der Waals surface area contributed by atoms with Crippen LogP contribution in [0.15, 0.2) is 11.6 Å². The molecule has 0 aromatic carbocycles. The Morgan fingerprint density at radius 3 is 2.47 bits per heavy atom. The van der Waals surface area contributed by atoms with Gasteiger partial charge in [0.2, 0.25) is 0 Å². The van der Waals surface area contributed by atoms with Gasteiger partial charge in [-0.1, -0.05) is 26.8 Å². The number of aliphatic hydroxyl groups excluding tert-OH is 1. The Labute approximate surface area is 181 Å². The second-order valence-corrected chi connectivity index (χ2v) is 11.5. The van der Waals surface area contributed by atoms with Crippen molar-refractivity contribution in [2.24, 2.45) is 46.3 Å². The summed E-state index contributed by atoms with van der Waals surface area (Å²) in [5.41, 5.74) is 1.25. The van der Waals surface area contributed by atoms with Crippen molar-refractivity contribution in [2.45, 2.75) is 91.6 Å². The van der Waals surface area contributed by atoms with E-state index in [0.29, 0.717) is 29.5 Å². The average molecular weight is 417 g/mol. The molecule has 4 heteroatoms. The van der Waals surface area contributed by atoms with E-state index >= 15 is 0 Å². The standard InChI is InChI=1S/C26H40O4/c1-5-17-21-14-16(27)10-12-26(21,4)20-11-13-25(3)18(15(2)6-9-22(28)29)7-8-19(25)23(20)24(17)30/h5,15-16,18-21,23,27H,6-14H2,1-4H3,(H,28,29)/b17-5-/t15-,16-,18-,19-,20?,21+,23?,25-,26-/m1/s1. The van der Waals surface area contributed by atoms with Crippen molar-refractivity contribution in [3.63, 3.8) is 0 Å². The van der Waals surface area contributed by atoms with E-state index in [4.69, 9.17) is 5.11 Å². The Kier molecular flexibility index (Phi) is 5.70. The maximum Gasteiger partial charge on any atom is 0.303 e. The zero-order valence-electron chi connectivity index (χ0n) is 19.2. The van der Waals surface area contributed by atoms with E-state index in [0.717, 1.165) is 56.9 Å². The number of ketones is 1. The van der Waals surface area contributed by atoms with E-state index in [1.807, 2.05) is 13.0 Å². The predicted molar refractivity (Wildman–Crippen MR) is 117 cm³/mol. The van der Waals surface area contributed by atoms with Crippen LogP contribution >= 0.6 is 0 Å². The molecular formula is C26H40O4. The van der Waals surface area contributed by atoms with Crippen LogP contribution in [0.3, 0.4) is 0 Å². The quantitative estimate of drug-likeness (QED) is 0.614. The fraction of sp³-hybridized carbons (Fsp3) is 0.846. The van der Waals surface area contributed by atoms with E-state index < -0.39 is 5.97 Å². The number of aliphatic carboxylic acids is 1. The average Bonchev–Trinajstić information content (AvgIpc) is 3.05. The van der Waals surface area contributed by atoms with Crippen LogP contribution in [0, 0.1) is 46.3 Å². The Morgan fingerprint density at radius 1 is 1.13 bits per heavy atom. The van der Waals surface area contributed by atoms with Gasteiger partial charge in [-0.15, -0.1) is 0 Å². The maximum atomic E-state index is 13.8. The van der Waals surface area contributed by atoms with Crippen molar-refractivity contribution < 1.29 is 19.8 Å². The summed E-state index contributed by atoms with van der Waals surface area (Å²) in [5.74, 6) is 1.74. The number of carboxylic acid groups (broad SMARTS) is 1. The number of rotatable bonds is 4. The minimum absolute atomic E-state index is 0.114. The lowest BCUT2D eigenvalue weighted by atomic mass is 9.43. The number of carboxylic acids is 1. The molecule has 0 aliphatic heterocycles. The van der Waals surface area contributed by atoms with Crippen LogP contribution in [0.5, 0.6) is 0 Å². The van der Waals surface area contributed by atoms with Gasteiger partial charge in [-0.3, -0.25) is 9.59 Å².